The van der Waals surface area contributed by atoms with Gasteiger partial charge >= 0.3 is 5.69 Å². The van der Waals surface area contributed by atoms with Crippen LogP contribution in [0.3, 0.4) is 0 Å². The highest BCUT2D eigenvalue weighted by molar-refractivity contribution is 6.01. The molecule has 3 rings (SSSR count). The number of nitrogen functional groups attached to an aromatic ring is 1. The number of hydrogen-bond acceptors (Lipinski definition) is 6. The van der Waals surface area contributed by atoms with Gasteiger partial charge in [-0.3, -0.25) is 18.7 Å². The van der Waals surface area contributed by atoms with Gasteiger partial charge in [0.2, 0.25) is 0 Å². The molecule has 1 unspecified atom stereocenters. The van der Waals surface area contributed by atoms with Gasteiger partial charge in [0.05, 0.1) is 19.1 Å². The molecule has 8 nitrogen and oxygen atoms in total. The number of aryl methyl sites for hydroxylation is 1. The Kier molecular flexibility index (Phi) is 6.37. The van der Waals surface area contributed by atoms with Crippen molar-refractivity contribution in [1.82, 2.24) is 14.5 Å². The SMILES string of the molecule is CCn1c(=O)c(C(=O)CNC(C)c2ccc(C)o2)c(N)n(Cc2ccccc2)c1=O. The van der Waals surface area contributed by atoms with E-state index in [1.165, 1.54) is 4.57 Å². The first-order valence-corrected chi connectivity index (χ1v) is 9.83. The number of benzene rings is 1. The molecule has 2 heterocycles. The van der Waals surface area contributed by atoms with Crippen LogP contribution in [0.5, 0.6) is 0 Å². The Balaban J connectivity index is 1.93. The lowest BCUT2D eigenvalue weighted by atomic mass is 10.1. The summed E-state index contributed by atoms with van der Waals surface area (Å²) in [5.41, 5.74) is 5.62. The summed E-state index contributed by atoms with van der Waals surface area (Å²) in [6, 6.07) is 12.7. The summed E-state index contributed by atoms with van der Waals surface area (Å²) >= 11 is 0. The molecule has 0 fully saturated rings. The molecule has 0 saturated carbocycles. The highest BCUT2D eigenvalue weighted by Crippen LogP contribution is 2.16. The maximum absolute atomic E-state index is 12.9. The molecule has 1 atom stereocenters. The summed E-state index contributed by atoms with van der Waals surface area (Å²) in [5.74, 6) is 0.866. The van der Waals surface area contributed by atoms with Crippen molar-refractivity contribution in [2.45, 2.75) is 39.9 Å². The number of furan rings is 1. The van der Waals surface area contributed by atoms with Crippen molar-refractivity contribution in [3.8, 4) is 0 Å². The zero-order chi connectivity index (χ0) is 21.8. The fourth-order valence-electron chi connectivity index (χ4n) is 3.30. The van der Waals surface area contributed by atoms with Gasteiger partial charge < -0.3 is 15.5 Å². The minimum absolute atomic E-state index is 0.117. The molecule has 0 bridgehead atoms. The van der Waals surface area contributed by atoms with Gasteiger partial charge in [-0.25, -0.2) is 4.79 Å². The van der Waals surface area contributed by atoms with Crippen molar-refractivity contribution in [3.05, 3.63) is 86.0 Å². The maximum atomic E-state index is 12.9. The van der Waals surface area contributed by atoms with Crippen LogP contribution in [-0.2, 0) is 13.1 Å². The van der Waals surface area contributed by atoms with Crippen LogP contribution in [-0.4, -0.2) is 21.5 Å². The van der Waals surface area contributed by atoms with E-state index in [0.717, 1.165) is 15.9 Å². The molecule has 0 saturated heterocycles. The van der Waals surface area contributed by atoms with E-state index >= 15 is 0 Å². The van der Waals surface area contributed by atoms with Crippen LogP contribution >= 0.6 is 0 Å². The summed E-state index contributed by atoms with van der Waals surface area (Å²) in [5, 5.41) is 3.05. The first kappa shape index (κ1) is 21.3. The largest absolute Gasteiger partial charge is 0.465 e. The van der Waals surface area contributed by atoms with E-state index in [-0.39, 0.29) is 37.1 Å². The molecule has 30 heavy (non-hydrogen) atoms. The topological polar surface area (TPSA) is 112 Å². The number of rotatable bonds is 8. The second kappa shape index (κ2) is 8.96. The Morgan fingerprint density at radius 3 is 2.43 bits per heavy atom. The van der Waals surface area contributed by atoms with Crippen molar-refractivity contribution in [2.75, 3.05) is 12.3 Å². The van der Waals surface area contributed by atoms with Gasteiger partial charge in [-0.1, -0.05) is 30.3 Å². The Bertz CT molecular complexity index is 1160. The fraction of sp³-hybridized carbons (Fsp3) is 0.318. The number of carbonyl (C=O) groups excluding carboxylic acids is 1. The van der Waals surface area contributed by atoms with E-state index in [1.54, 1.807) is 6.92 Å². The maximum Gasteiger partial charge on any atom is 0.332 e. The number of aromatic nitrogens is 2. The van der Waals surface area contributed by atoms with E-state index in [1.807, 2.05) is 56.3 Å². The quantitative estimate of drug-likeness (QED) is 0.550. The van der Waals surface area contributed by atoms with Crippen molar-refractivity contribution in [1.29, 1.82) is 0 Å². The third-order valence-corrected chi connectivity index (χ3v) is 5.00. The predicted octanol–water partition coefficient (Wildman–Crippen LogP) is 2.10. The lowest BCUT2D eigenvalue weighted by Gasteiger charge is -2.16. The van der Waals surface area contributed by atoms with Crippen LogP contribution < -0.4 is 22.3 Å². The Hall–Kier alpha value is -3.39. The number of ketones is 1. The molecule has 3 aromatic rings. The third-order valence-electron chi connectivity index (χ3n) is 5.00. The lowest BCUT2D eigenvalue weighted by Crippen LogP contribution is -2.45. The Morgan fingerprint density at radius 2 is 1.83 bits per heavy atom. The highest BCUT2D eigenvalue weighted by atomic mass is 16.3. The van der Waals surface area contributed by atoms with Crippen LogP contribution in [0.25, 0.3) is 0 Å². The second-order valence-electron chi connectivity index (χ2n) is 7.14. The minimum atomic E-state index is -0.669. The van der Waals surface area contributed by atoms with Crippen LogP contribution in [0.15, 0.2) is 56.5 Å². The van der Waals surface area contributed by atoms with Gasteiger partial charge in [0.1, 0.15) is 22.9 Å². The molecule has 2 aromatic heterocycles. The molecule has 0 radical (unpaired) electrons. The first-order valence-electron chi connectivity index (χ1n) is 9.83. The zero-order valence-corrected chi connectivity index (χ0v) is 17.3. The van der Waals surface area contributed by atoms with E-state index in [0.29, 0.717) is 5.76 Å². The van der Waals surface area contributed by atoms with Crippen LogP contribution in [0.2, 0.25) is 0 Å². The zero-order valence-electron chi connectivity index (χ0n) is 17.3. The van der Waals surface area contributed by atoms with Crippen molar-refractivity contribution in [2.24, 2.45) is 0 Å². The van der Waals surface area contributed by atoms with E-state index in [2.05, 4.69) is 5.32 Å². The summed E-state index contributed by atoms with van der Waals surface area (Å²) in [7, 11) is 0. The predicted molar refractivity (Wildman–Crippen MR) is 115 cm³/mol. The molecule has 0 aliphatic carbocycles. The van der Waals surface area contributed by atoms with Crippen molar-refractivity contribution < 1.29 is 9.21 Å². The number of carbonyl (C=O) groups is 1. The van der Waals surface area contributed by atoms with Gasteiger partial charge in [-0.2, -0.15) is 0 Å². The summed E-state index contributed by atoms with van der Waals surface area (Å²) in [6.07, 6.45) is 0. The van der Waals surface area contributed by atoms with Gasteiger partial charge in [-0.15, -0.1) is 0 Å². The van der Waals surface area contributed by atoms with Crippen molar-refractivity contribution in [3.63, 3.8) is 0 Å². The summed E-state index contributed by atoms with van der Waals surface area (Å²) < 4.78 is 7.86. The molecule has 0 aliphatic rings. The number of nitrogens with two attached hydrogens (primary N) is 1. The summed E-state index contributed by atoms with van der Waals surface area (Å²) in [4.78, 5) is 38.5. The Labute approximate surface area is 173 Å². The van der Waals surface area contributed by atoms with Crippen LogP contribution in [0.4, 0.5) is 5.82 Å². The molecule has 0 spiro atoms. The van der Waals surface area contributed by atoms with Gasteiger partial charge in [0.25, 0.3) is 5.56 Å². The van der Waals surface area contributed by atoms with Crippen LogP contribution in [0, 0.1) is 6.92 Å². The third kappa shape index (κ3) is 4.28. The van der Waals surface area contributed by atoms with E-state index < -0.39 is 17.0 Å². The number of Topliss-reactive ketones (excluding diaryl/α,β-unsaturated/α-hetero) is 1. The molecular weight excluding hydrogens is 384 g/mol. The molecular formula is C22H26N4O4. The fourth-order valence-corrected chi connectivity index (χ4v) is 3.30. The average Bonchev–Trinajstić information content (AvgIpc) is 3.17. The second-order valence-corrected chi connectivity index (χ2v) is 7.14. The minimum Gasteiger partial charge on any atom is -0.465 e. The first-order chi connectivity index (χ1) is 14.3. The molecule has 0 amide bonds. The standard InChI is InChI=1S/C22H26N4O4/c1-4-25-21(28)19(17(27)12-24-15(3)18-11-10-14(2)30-18)20(23)26(22(25)29)13-16-8-6-5-7-9-16/h5-11,15,24H,4,12-13,23H2,1-3H3. The van der Waals surface area contributed by atoms with Gasteiger partial charge in [0, 0.05) is 6.54 Å². The molecule has 158 valence electrons. The molecule has 0 aliphatic heterocycles. The average molecular weight is 410 g/mol. The number of anilines is 1. The Morgan fingerprint density at radius 1 is 1.13 bits per heavy atom. The highest BCUT2D eigenvalue weighted by Gasteiger charge is 2.23. The van der Waals surface area contributed by atoms with E-state index in [9.17, 15) is 14.4 Å². The number of nitrogens with zero attached hydrogens (tertiary/aromatic N) is 2. The number of hydrogen-bond donors (Lipinski definition) is 2. The van der Waals surface area contributed by atoms with Gasteiger partial charge in [-0.05, 0) is 38.5 Å². The molecule has 1 aromatic carbocycles. The van der Waals surface area contributed by atoms with Crippen LogP contribution in [0.1, 0.15) is 47.3 Å². The smallest absolute Gasteiger partial charge is 0.332 e. The normalized spacial score (nSPS) is 12.1. The van der Waals surface area contributed by atoms with E-state index in [4.69, 9.17) is 10.2 Å². The lowest BCUT2D eigenvalue weighted by molar-refractivity contribution is 0.0985. The van der Waals surface area contributed by atoms with Crippen molar-refractivity contribution >= 4 is 11.6 Å². The molecule has 3 N–H and O–H groups in total. The summed E-state index contributed by atoms with van der Waals surface area (Å²) in [6.45, 7) is 5.57. The number of nitrogens with one attached hydrogen (secondary N) is 1. The molecule has 8 heteroatoms. The van der Waals surface area contributed by atoms with Gasteiger partial charge in [0.15, 0.2) is 5.78 Å². The monoisotopic (exact) mass is 410 g/mol.